The van der Waals surface area contributed by atoms with E-state index in [1.54, 1.807) is 24.3 Å². The van der Waals surface area contributed by atoms with Crippen molar-refractivity contribution in [2.45, 2.75) is 32.4 Å². The maximum Gasteiger partial charge on any atom is 0.261 e. The van der Waals surface area contributed by atoms with Crippen LogP contribution in [0.2, 0.25) is 0 Å². The van der Waals surface area contributed by atoms with Crippen LogP contribution in [0.5, 0.6) is 0 Å². The Hall–Kier alpha value is -4.23. The normalized spacial score (nSPS) is 18.8. The van der Waals surface area contributed by atoms with Crippen molar-refractivity contribution in [3.8, 4) is 0 Å². The zero-order valence-electron chi connectivity index (χ0n) is 21.9. The first-order valence-corrected chi connectivity index (χ1v) is 13.6. The fourth-order valence-corrected chi connectivity index (χ4v) is 6.50. The number of hydrogen-bond donors (Lipinski definition) is 1. The van der Waals surface area contributed by atoms with E-state index in [0.717, 1.165) is 23.9 Å². The second-order valence-corrected chi connectivity index (χ2v) is 10.9. The van der Waals surface area contributed by atoms with Gasteiger partial charge in [0.2, 0.25) is 5.91 Å². The van der Waals surface area contributed by atoms with Crippen LogP contribution >= 0.6 is 0 Å². The van der Waals surface area contributed by atoms with E-state index in [-0.39, 0.29) is 36.9 Å². The van der Waals surface area contributed by atoms with Gasteiger partial charge in [-0.3, -0.25) is 24.2 Å². The first-order valence-electron chi connectivity index (χ1n) is 13.6. The Kier molecular flexibility index (Phi) is 5.63. The van der Waals surface area contributed by atoms with Crippen molar-refractivity contribution < 1.29 is 14.4 Å². The summed E-state index contributed by atoms with van der Waals surface area (Å²) in [5, 5.41) is 1.19. The molecule has 1 N–H and O–H groups in total. The minimum absolute atomic E-state index is 0.0781. The smallest absolute Gasteiger partial charge is 0.261 e. The predicted molar refractivity (Wildman–Crippen MR) is 148 cm³/mol. The van der Waals surface area contributed by atoms with Crippen molar-refractivity contribution in [3.63, 3.8) is 0 Å². The number of benzene rings is 3. The second-order valence-electron chi connectivity index (χ2n) is 10.9. The molecular formula is C32H30N4O3. The number of H-pyrrole nitrogens is 1. The molecule has 3 amide bonds. The molecule has 1 aromatic heterocycles. The third-order valence-electron chi connectivity index (χ3n) is 8.58. The highest BCUT2D eigenvalue weighted by Gasteiger charge is 2.40. The fraction of sp³-hybridized carbons (Fsp3) is 0.281. The van der Waals surface area contributed by atoms with Crippen LogP contribution in [0, 0.1) is 6.92 Å². The van der Waals surface area contributed by atoms with Crippen molar-refractivity contribution in [1.29, 1.82) is 0 Å². The van der Waals surface area contributed by atoms with Crippen molar-refractivity contribution in [2.24, 2.45) is 0 Å². The van der Waals surface area contributed by atoms with Gasteiger partial charge in [0.25, 0.3) is 11.8 Å². The number of nitrogens with zero attached hydrogens (tertiary/aromatic N) is 3. The third kappa shape index (κ3) is 3.96. The summed E-state index contributed by atoms with van der Waals surface area (Å²) in [5.41, 5.74) is 7.94. The number of rotatable bonds is 4. The first-order chi connectivity index (χ1) is 19.0. The monoisotopic (exact) mass is 518 g/mol. The average Bonchev–Trinajstić information content (AvgIpc) is 3.43. The molecule has 0 fully saturated rings. The Balaban J connectivity index is 1.14. The van der Waals surface area contributed by atoms with Gasteiger partial charge in [-0.25, -0.2) is 0 Å². The lowest BCUT2D eigenvalue weighted by Gasteiger charge is -2.39. The van der Waals surface area contributed by atoms with E-state index in [2.05, 4.69) is 47.1 Å². The van der Waals surface area contributed by atoms with Crippen LogP contribution in [0.3, 0.4) is 0 Å². The highest BCUT2D eigenvalue weighted by atomic mass is 16.2. The predicted octanol–water partition coefficient (Wildman–Crippen LogP) is 4.26. The quantitative estimate of drug-likeness (QED) is 0.410. The number of amides is 3. The number of carbonyl (C=O) groups is 3. The lowest BCUT2D eigenvalue weighted by Crippen LogP contribution is -2.49. The number of aromatic nitrogens is 1. The largest absolute Gasteiger partial charge is 0.358 e. The summed E-state index contributed by atoms with van der Waals surface area (Å²) in [7, 11) is 0. The molecule has 3 aromatic carbocycles. The minimum Gasteiger partial charge on any atom is -0.358 e. The standard InChI is InChI=1S/C32H30N4O3/c1-20-10-11-27-25(16-20)26-17-35(15-13-28(26)33-27)30(37)19-34-14-12-21-6-2-3-7-22(21)29(34)18-36-31(38)23-8-4-5-9-24(23)32(36)39/h2-11,16,29,33H,12-15,17-19H2,1H3/t29-/m0/s1. The first kappa shape index (κ1) is 23.9. The lowest BCUT2D eigenvalue weighted by molar-refractivity contribution is -0.134. The Bertz CT molecular complexity index is 1620. The highest BCUT2D eigenvalue weighted by Crippen LogP contribution is 2.34. The summed E-state index contributed by atoms with van der Waals surface area (Å²) in [6.45, 7) is 4.52. The maximum absolute atomic E-state index is 13.7. The van der Waals surface area contributed by atoms with E-state index >= 15 is 0 Å². The van der Waals surface area contributed by atoms with E-state index in [1.807, 2.05) is 17.0 Å². The van der Waals surface area contributed by atoms with Crippen LogP contribution < -0.4 is 0 Å². The molecule has 4 heterocycles. The number of aryl methyl sites for hydroxylation is 1. The van der Waals surface area contributed by atoms with Crippen LogP contribution in [0.25, 0.3) is 10.9 Å². The molecule has 39 heavy (non-hydrogen) atoms. The van der Waals surface area contributed by atoms with E-state index in [0.29, 0.717) is 30.8 Å². The van der Waals surface area contributed by atoms with Gasteiger partial charge in [0.1, 0.15) is 0 Å². The molecular weight excluding hydrogens is 488 g/mol. The van der Waals surface area contributed by atoms with Crippen LogP contribution in [0.1, 0.15) is 54.7 Å². The number of aromatic amines is 1. The summed E-state index contributed by atoms with van der Waals surface area (Å²) in [4.78, 5) is 49.1. The maximum atomic E-state index is 13.7. The molecule has 0 unspecified atom stereocenters. The topological polar surface area (TPSA) is 76.7 Å². The number of nitrogens with one attached hydrogen (secondary N) is 1. The SMILES string of the molecule is Cc1ccc2[nH]c3c(c2c1)CN(C(=O)CN1CCc2ccccc2[C@@H]1CN1C(=O)c2ccccc2C1=O)CC3. The van der Waals surface area contributed by atoms with Gasteiger partial charge in [0, 0.05) is 54.8 Å². The second kappa shape index (κ2) is 9.20. The summed E-state index contributed by atoms with van der Waals surface area (Å²) in [6.07, 6.45) is 1.63. The van der Waals surface area contributed by atoms with E-state index in [9.17, 15) is 14.4 Å². The van der Waals surface area contributed by atoms with Gasteiger partial charge in [-0.05, 0) is 48.7 Å². The molecule has 1 atom stereocenters. The molecule has 3 aliphatic rings. The fourth-order valence-electron chi connectivity index (χ4n) is 6.50. The molecule has 3 aliphatic heterocycles. The Morgan fingerprint density at radius 1 is 0.923 bits per heavy atom. The van der Waals surface area contributed by atoms with Crippen LogP contribution in [0.4, 0.5) is 0 Å². The molecule has 0 saturated carbocycles. The van der Waals surface area contributed by atoms with Gasteiger partial charge in [-0.15, -0.1) is 0 Å². The molecule has 0 radical (unpaired) electrons. The van der Waals surface area contributed by atoms with Crippen LogP contribution in [0.15, 0.2) is 66.7 Å². The van der Waals surface area contributed by atoms with Crippen molar-refractivity contribution >= 4 is 28.6 Å². The number of imide groups is 1. The Labute approximate surface area is 227 Å². The minimum atomic E-state index is -0.261. The summed E-state index contributed by atoms with van der Waals surface area (Å²) < 4.78 is 0. The molecule has 7 rings (SSSR count). The average molecular weight is 519 g/mol. The number of hydrogen-bond acceptors (Lipinski definition) is 4. The van der Waals surface area contributed by atoms with Crippen molar-refractivity contribution in [2.75, 3.05) is 26.2 Å². The van der Waals surface area contributed by atoms with Crippen LogP contribution in [-0.4, -0.2) is 63.6 Å². The zero-order valence-corrected chi connectivity index (χ0v) is 21.9. The van der Waals surface area contributed by atoms with Gasteiger partial charge in [0.15, 0.2) is 0 Å². The Morgan fingerprint density at radius 3 is 2.46 bits per heavy atom. The summed E-state index contributed by atoms with van der Waals surface area (Å²) in [5.74, 6) is -0.444. The van der Waals surface area contributed by atoms with E-state index in [1.165, 1.54) is 32.7 Å². The van der Waals surface area contributed by atoms with Gasteiger partial charge in [-0.1, -0.05) is 48.0 Å². The molecule has 7 heteroatoms. The van der Waals surface area contributed by atoms with Gasteiger partial charge in [-0.2, -0.15) is 0 Å². The van der Waals surface area contributed by atoms with Gasteiger partial charge >= 0.3 is 0 Å². The molecule has 0 bridgehead atoms. The molecule has 4 aromatic rings. The number of carbonyl (C=O) groups excluding carboxylic acids is 3. The van der Waals surface area contributed by atoms with E-state index in [4.69, 9.17) is 0 Å². The molecule has 0 spiro atoms. The molecule has 196 valence electrons. The summed E-state index contributed by atoms with van der Waals surface area (Å²) in [6, 6.07) is 21.4. The third-order valence-corrected chi connectivity index (χ3v) is 8.58. The Morgan fingerprint density at radius 2 is 1.67 bits per heavy atom. The van der Waals surface area contributed by atoms with Crippen molar-refractivity contribution in [3.05, 3.63) is 106 Å². The van der Waals surface area contributed by atoms with Gasteiger partial charge < -0.3 is 9.88 Å². The van der Waals surface area contributed by atoms with Gasteiger partial charge in [0.05, 0.1) is 23.7 Å². The molecule has 0 saturated heterocycles. The summed E-state index contributed by atoms with van der Waals surface area (Å²) >= 11 is 0. The van der Waals surface area contributed by atoms with Crippen LogP contribution in [-0.2, 0) is 24.2 Å². The molecule has 0 aliphatic carbocycles. The number of fused-ring (bicyclic) bond motifs is 5. The lowest BCUT2D eigenvalue weighted by atomic mass is 9.92. The zero-order chi connectivity index (χ0) is 26.7. The molecule has 7 nitrogen and oxygen atoms in total. The highest BCUT2D eigenvalue weighted by molar-refractivity contribution is 6.21. The van der Waals surface area contributed by atoms with E-state index < -0.39 is 0 Å². The van der Waals surface area contributed by atoms with Crippen molar-refractivity contribution in [1.82, 2.24) is 19.7 Å².